The summed E-state index contributed by atoms with van der Waals surface area (Å²) in [5.74, 6) is -0.857. The SMILES string of the molecule is N#C/C(=C/c1ccccc1OS(=O)(=O)c1cccc([N+](=O)[O-])c1)C(=O)Nc1ccc(Br)cc1. The van der Waals surface area contributed by atoms with Crippen molar-refractivity contribution in [1.82, 2.24) is 0 Å². The van der Waals surface area contributed by atoms with Gasteiger partial charge in [0.25, 0.3) is 11.6 Å². The molecular formula is C22H14BrN3O6S. The molecule has 0 saturated carbocycles. The molecule has 11 heteroatoms. The van der Waals surface area contributed by atoms with Crippen LogP contribution in [0.15, 0.2) is 87.7 Å². The second kappa shape index (κ2) is 10.1. The quantitative estimate of drug-likeness (QED) is 0.155. The molecule has 0 fully saturated rings. The van der Waals surface area contributed by atoms with E-state index in [9.17, 15) is 28.6 Å². The summed E-state index contributed by atoms with van der Waals surface area (Å²) in [5, 5.41) is 23.0. The van der Waals surface area contributed by atoms with Gasteiger partial charge in [-0.05, 0) is 42.5 Å². The molecule has 0 radical (unpaired) electrons. The summed E-state index contributed by atoms with van der Waals surface area (Å²) < 4.78 is 31.3. The number of anilines is 1. The first-order valence-corrected chi connectivity index (χ1v) is 11.4. The van der Waals surface area contributed by atoms with Gasteiger partial charge in [-0.3, -0.25) is 14.9 Å². The summed E-state index contributed by atoms with van der Waals surface area (Å²) in [6.45, 7) is 0. The molecule has 0 unspecified atom stereocenters. The highest BCUT2D eigenvalue weighted by Crippen LogP contribution is 2.27. The highest BCUT2D eigenvalue weighted by Gasteiger charge is 2.21. The summed E-state index contributed by atoms with van der Waals surface area (Å²) in [6.07, 6.45) is 1.19. The zero-order valence-electron chi connectivity index (χ0n) is 16.6. The molecule has 0 atom stereocenters. The Kier molecular flexibility index (Phi) is 7.22. The number of halogens is 1. The van der Waals surface area contributed by atoms with E-state index in [-0.39, 0.29) is 16.9 Å². The maximum Gasteiger partial charge on any atom is 0.339 e. The number of para-hydroxylation sites is 1. The van der Waals surface area contributed by atoms with E-state index in [1.54, 1.807) is 36.4 Å². The summed E-state index contributed by atoms with van der Waals surface area (Å²) in [7, 11) is -4.43. The van der Waals surface area contributed by atoms with Crippen LogP contribution < -0.4 is 9.50 Å². The molecule has 3 rings (SSSR count). The van der Waals surface area contributed by atoms with E-state index in [0.29, 0.717) is 5.69 Å². The second-order valence-electron chi connectivity index (χ2n) is 6.46. The predicted molar refractivity (Wildman–Crippen MR) is 124 cm³/mol. The standard InChI is InChI=1S/C22H14BrN3O6S/c23-17-8-10-18(11-9-17)25-22(27)16(14-24)12-15-4-1-2-7-21(15)32-33(30,31)20-6-3-5-19(13-20)26(28)29/h1-13H,(H,25,27)/b16-12-. The monoisotopic (exact) mass is 527 g/mol. The van der Waals surface area contributed by atoms with Gasteiger partial charge in [-0.15, -0.1) is 0 Å². The number of hydrogen-bond donors (Lipinski definition) is 1. The first-order chi connectivity index (χ1) is 15.7. The number of nitrogens with zero attached hydrogens (tertiary/aromatic N) is 2. The maximum absolute atomic E-state index is 12.7. The van der Waals surface area contributed by atoms with E-state index < -0.39 is 31.5 Å². The van der Waals surface area contributed by atoms with Crippen molar-refractivity contribution < 1.29 is 22.3 Å². The van der Waals surface area contributed by atoms with Gasteiger partial charge in [0, 0.05) is 27.9 Å². The number of carbonyl (C=O) groups excluding carboxylic acids is 1. The Hall–Kier alpha value is -4.01. The van der Waals surface area contributed by atoms with Gasteiger partial charge in [0.05, 0.1) is 4.92 Å². The number of nitrogens with one attached hydrogen (secondary N) is 1. The van der Waals surface area contributed by atoms with Crippen LogP contribution in [0.25, 0.3) is 6.08 Å². The van der Waals surface area contributed by atoms with Crippen molar-refractivity contribution >= 4 is 49.4 Å². The van der Waals surface area contributed by atoms with Crippen LogP contribution in [0.4, 0.5) is 11.4 Å². The molecule has 0 bridgehead atoms. The van der Waals surface area contributed by atoms with Gasteiger partial charge in [0.2, 0.25) is 0 Å². The lowest BCUT2D eigenvalue weighted by molar-refractivity contribution is -0.385. The van der Waals surface area contributed by atoms with Crippen molar-refractivity contribution in [3.63, 3.8) is 0 Å². The molecule has 1 N–H and O–H groups in total. The topological polar surface area (TPSA) is 139 Å². The molecular weight excluding hydrogens is 514 g/mol. The van der Waals surface area contributed by atoms with Gasteiger partial charge < -0.3 is 9.50 Å². The van der Waals surface area contributed by atoms with Crippen LogP contribution in [0.2, 0.25) is 0 Å². The van der Waals surface area contributed by atoms with Crippen molar-refractivity contribution in [2.24, 2.45) is 0 Å². The van der Waals surface area contributed by atoms with Crippen molar-refractivity contribution in [2.45, 2.75) is 4.90 Å². The van der Waals surface area contributed by atoms with Crippen molar-refractivity contribution in [1.29, 1.82) is 5.26 Å². The van der Waals surface area contributed by atoms with Crippen LogP contribution in [0.1, 0.15) is 5.56 Å². The zero-order chi connectivity index (χ0) is 24.0. The molecule has 9 nitrogen and oxygen atoms in total. The van der Waals surface area contributed by atoms with Crippen LogP contribution in [-0.2, 0) is 14.9 Å². The Morgan fingerprint density at radius 1 is 1.09 bits per heavy atom. The van der Waals surface area contributed by atoms with E-state index in [2.05, 4.69) is 21.2 Å². The number of amides is 1. The van der Waals surface area contributed by atoms with Crippen molar-refractivity contribution in [2.75, 3.05) is 5.32 Å². The van der Waals surface area contributed by atoms with E-state index in [4.69, 9.17) is 4.18 Å². The molecule has 0 aliphatic carbocycles. The summed E-state index contributed by atoms with van der Waals surface area (Å²) >= 11 is 3.29. The zero-order valence-corrected chi connectivity index (χ0v) is 19.0. The number of nitro benzene ring substituents is 1. The lowest BCUT2D eigenvalue weighted by Gasteiger charge is -2.10. The van der Waals surface area contributed by atoms with Gasteiger partial charge in [0.1, 0.15) is 22.3 Å². The minimum Gasteiger partial charge on any atom is -0.378 e. The summed E-state index contributed by atoms with van der Waals surface area (Å²) in [6, 6.07) is 18.8. The molecule has 33 heavy (non-hydrogen) atoms. The number of benzene rings is 3. The lowest BCUT2D eigenvalue weighted by Crippen LogP contribution is -2.14. The third kappa shape index (κ3) is 6.03. The van der Waals surface area contributed by atoms with Crippen molar-refractivity contribution in [3.05, 3.63) is 98.5 Å². The fourth-order valence-corrected chi connectivity index (χ4v) is 3.89. The average molecular weight is 528 g/mol. The van der Waals surface area contributed by atoms with E-state index in [1.165, 1.54) is 30.3 Å². The Morgan fingerprint density at radius 3 is 2.45 bits per heavy atom. The van der Waals surface area contributed by atoms with Gasteiger partial charge in [-0.25, -0.2) is 0 Å². The third-order valence-electron chi connectivity index (χ3n) is 4.20. The van der Waals surface area contributed by atoms with Crippen LogP contribution in [0.3, 0.4) is 0 Å². The minimum atomic E-state index is -4.43. The van der Waals surface area contributed by atoms with E-state index >= 15 is 0 Å². The Morgan fingerprint density at radius 2 is 1.79 bits per heavy atom. The molecule has 0 aliphatic heterocycles. The molecule has 0 spiro atoms. The average Bonchev–Trinajstić information content (AvgIpc) is 2.79. The van der Waals surface area contributed by atoms with Crippen LogP contribution in [0, 0.1) is 21.4 Å². The Labute approximate surface area is 197 Å². The molecule has 3 aromatic rings. The number of carbonyl (C=O) groups is 1. The molecule has 0 heterocycles. The molecule has 1 amide bonds. The van der Waals surface area contributed by atoms with Gasteiger partial charge in [0.15, 0.2) is 0 Å². The minimum absolute atomic E-state index is 0.147. The Bertz CT molecular complexity index is 1400. The smallest absolute Gasteiger partial charge is 0.339 e. The number of nitriles is 1. The maximum atomic E-state index is 12.7. The molecule has 166 valence electrons. The first-order valence-electron chi connectivity index (χ1n) is 9.16. The summed E-state index contributed by atoms with van der Waals surface area (Å²) in [4.78, 5) is 22.3. The van der Waals surface area contributed by atoms with E-state index in [1.807, 2.05) is 0 Å². The van der Waals surface area contributed by atoms with Gasteiger partial charge in [-0.1, -0.05) is 40.2 Å². The fourth-order valence-electron chi connectivity index (χ4n) is 2.63. The van der Waals surface area contributed by atoms with Gasteiger partial charge >= 0.3 is 10.1 Å². The van der Waals surface area contributed by atoms with Crippen LogP contribution in [0.5, 0.6) is 5.75 Å². The second-order valence-corrected chi connectivity index (χ2v) is 8.92. The predicted octanol–water partition coefficient (Wildman–Crippen LogP) is 4.67. The lowest BCUT2D eigenvalue weighted by atomic mass is 10.1. The number of hydrogen-bond acceptors (Lipinski definition) is 7. The van der Waals surface area contributed by atoms with Crippen LogP contribution >= 0.6 is 15.9 Å². The first kappa shape index (κ1) is 23.6. The third-order valence-corrected chi connectivity index (χ3v) is 5.96. The van der Waals surface area contributed by atoms with Crippen molar-refractivity contribution in [3.8, 4) is 11.8 Å². The molecule has 0 aliphatic rings. The largest absolute Gasteiger partial charge is 0.378 e. The molecule has 0 aromatic heterocycles. The number of nitro groups is 1. The fraction of sp³-hybridized carbons (Fsp3) is 0. The highest BCUT2D eigenvalue weighted by atomic mass is 79.9. The molecule has 0 saturated heterocycles. The van der Waals surface area contributed by atoms with Gasteiger partial charge in [-0.2, -0.15) is 13.7 Å². The van der Waals surface area contributed by atoms with Crippen LogP contribution in [-0.4, -0.2) is 19.2 Å². The normalized spacial score (nSPS) is 11.3. The number of rotatable bonds is 7. The molecule has 3 aromatic carbocycles. The van der Waals surface area contributed by atoms with E-state index in [0.717, 1.165) is 22.7 Å². The number of non-ortho nitro benzene ring substituents is 1. The Balaban J connectivity index is 1.90. The highest BCUT2D eigenvalue weighted by molar-refractivity contribution is 9.10. The summed E-state index contributed by atoms with van der Waals surface area (Å²) in [5.41, 5.74) is -0.0953.